The first kappa shape index (κ1) is 23.8. The van der Waals surface area contributed by atoms with Crippen LogP contribution in [0.4, 0.5) is 0 Å². The summed E-state index contributed by atoms with van der Waals surface area (Å²) in [5, 5.41) is 14.3. The van der Waals surface area contributed by atoms with Crippen LogP contribution in [0.5, 0.6) is 0 Å². The van der Waals surface area contributed by atoms with E-state index in [0.717, 1.165) is 5.76 Å². The van der Waals surface area contributed by atoms with Crippen LogP contribution in [0.1, 0.15) is 22.6 Å². The number of fused-ring (bicyclic) bond motifs is 4. The number of allylic oxidation sites excluding steroid dienone is 1. The second kappa shape index (κ2) is 10.0. The van der Waals surface area contributed by atoms with Gasteiger partial charge in [0, 0.05) is 0 Å². The minimum Gasteiger partial charge on any atom is -1.00 e. The van der Waals surface area contributed by atoms with Crippen LogP contribution < -0.4 is 24.8 Å². The fourth-order valence-electron chi connectivity index (χ4n) is 4.09. The van der Waals surface area contributed by atoms with Gasteiger partial charge in [0.25, 0.3) is 0 Å². The van der Waals surface area contributed by atoms with Gasteiger partial charge in [-0.15, -0.1) is 39.7 Å². The number of hydrogen-bond donors (Lipinski definition) is 1. The van der Waals surface area contributed by atoms with Crippen LogP contribution in [0, 0.1) is 0 Å². The molecule has 4 aromatic carbocycles. The van der Waals surface area contributed by atoms with Gasteiger partial charge in [-0.25, -0.2) is 0 Å². The monoisotopic (exact) mass is 499 g/mol. The Bertz CT molecular complexity index is 1150. The predicted molar refractivity (Wildman–Crippen MR) is 106 cm³/mol. The van der Waals surface area contributed by atoms with Gasteiger partial charge in [-0.05, 0) is 17.2 Å². The number of halogens is 2. The molecule has 1 aliphatic rings. The van der Waals surface area contributed by atoms with E-state index in [4.69, 9.17) is 4.74 Å². The van der Waals surface area contributed by atoms with Gasteiger partial charge in [-0.2, -0.15) is 0 Å². The summed E-state index contributed by atoms with van der Waals surface area (Å²) >= 11 is 0. The maximum Gasteiger partial charge on any atom is 3.00 e. The van der Waals surface area contributed by atoms with Gasteiger partial charge in [0.15, 0.2) is 0 Å². The Labute approximate surface area is 201 Å². The van der Waals surface area contributed by atoms with E-state index < -0.39 is 0 Å². The number of hydrogen-bond acceptors (Lipinski definition) is 2. The summed E-state index contributed by atoms with van der Waals surface area (Å²) < 4.78 is 5.88. The molecule has 0 bridgehead atoms. The first-order chi connectivity index (χ1) is 12.8. The average molecular weight is 502 g/mol. The standard InChI is InChI=1S/C24H19O2.2ClH.Zr/c25-11-12-26-23-15-17-6-2-4-8-22(17)24(23)18-9-10-21-19(14-18)13-16-5-1-3-7-20(16)21;;;/h1-10,13-15,24-25H,11-12H2;2*1H;/q-1;;;+3/p-2. The van der Waals surface area contributed by atoms with Crippen molar-refractivity contribution in [1.82, 2.24) is 0 Å². The molecule has 0 fully saturated rings. The molecule has 5 heteroatoms. The van der Waals surface area contributed by atoms with E-state index in [1.807, 2.05) is 0 Å². The van der Waals surface area contributed by atoms with Gasteiger partial charge in [0.05, 0.1) is 12.5 Å². The fourth-order valence-corrected chi connectivity index (χ4v) is 4.09. The molecular weight excluding hydrogens is 482 g/mol. The molecule has 2 nitrogen and oxygen atoms in total. The van der Waals surface area contributed by atoms with Gasteiger partial charge in [0.1, 0.15) is 12.4 Å². The number of aliphatic hydroxyl groups excluding tert-OH is 1. The number of benzene rings is 3. The SMILES string of the molecule is OCCOC1=Cc2ccccc2C1c1ccc2c(c1)[cH-]c1ccccc12.[Cl-].[Cl-].[Zr+3]. The van der Waals surface area contributed by atoms with Crippen LogP contribution in [0.2, 0.25) is 0 Å². The molecule has 0 saturated carbocycles. The summed E-state index contributed by atoms with van der Waals surface area (Å²) in [5.74, 6) is 0.996. The second-order valence-electron chi connectivity index (χ2n) is 6.76. The van der Waals surface area contributed by atoms with Crippen LogP contribution in [0.15, 0.2) is 78.6 Å². The summed E-state index contributed by atoms with van der Waals surface area (Å²) in [6, 6.07) is 25.9. The van der Waals surface area contributed by atoms with Crippen molar-refractivity contribution in [2.24, 2.45) is 0 Å². The smallest absolute Gasteiger partial charge is 1.00 e. The number of ether oxygens (including phenoxy) is 1. The Kier molecular flexibility index (Phi) is 8.20. The largest absolute Gasteiger partial charge is 3.00 e. The third-order valence-electron chi connectivity index (χ3n) is 5.22. The zero-order valence-corrected chi connectivity index (χ0v) is 19.6. The Morgan fingerprint density at radius 2 is 1.59 bits per heavy atom. The molecule has 29 heavy (non-hydrogen) atoms. The minimum atomic E-state index is 0. The molecule has 5 rings (SSSR count). The van der Waals surface area contributed by atoms with Crippen molar-refractivity contribution in [3.05, 3.63) is 95.2 Å². The molecule has 1 N–H and O–H groups in total. The quantitative estimate of drug-likeness (QED) is 0.372. The topological polar surface area (TPSA) is 29.5 Å². The van der Waals surface area contributed by atoms with Crippen LogP contribution >= 0.6 is 0 Å². The molecule has 0 saturated heterocycles. The van der Waals surface area contributed by atoms with Crippen molar-refractivity contribution in [2.45, 2.75) is 5.92 Å². The molecule has 1 unspecified atom stereocenters. The average Bonchev–Trinajstić information content (AvgIpc) is 3.23. The molecule has 0 amide bonds. The predicted octanol–water partition coefficient (Wildman–Crippen LogP) is -0.787. The van der Waals surface area contributed by atoms with Crippen molar-refractivity contribution in [2.75, 3.05) is 13.2 Å². The van der Waals surface area contributed by atoms with E-state index in [1.165, 1.54) is 38.2 Å². The summed E-state index contributed by atoms with van der Waals surface area (Å²) in [5.41, 5.74) is 3.68. The molecular formula is C24H19Cl2O2Zr. The summed E-state index contributed by atoms with van der Waals surface area (Å²) in [4.78, 5) is 0. The first-order valence-corrected chi connectivity index (χ1v) is 8.97. The van der Waals surface area contributed by atoms with E-state index in [-0.39, 0.29) is 63.5 Å². The maximum absolute atomic E-state index is 9.17. The molecule has 1 radical (unpaired) electrons. The van der Waals surface area contributed by atoms with Gasteiger partial charge >= 0.3 is 26.2 Å². The third-order valence-corrected chi connectivity index (χ3v) is 5.22. The molecule has 1 aliphatic carbocycles. The van der Waals surface area contributed by atoms with Crippen molar-refractivity contribution >= 4 is 27.6 Å². The normalized spacial score (nSPS) is 14.4. The number of aliphatic hydroxyl groups is 1. The van der Waals surface area contributed by atoms with Gasteiger partial charge < -0.3 is 34.7 Å². The van der Waals surface area contributed by atoms with Crippen LogP contribution in [-0.4, -0.2) is 18.3 Å². The van der Waals surface area contributed by atoms with E-state index >= 15 is 0 Å². The van der Waals surface area contributed by atoms with E-state index in [9.17, 15) is 5.11 Å². The van der Waals surface area contributed by atoms with E-state index in [0.29, 0.717) is 6.61 Å². The molecule has 0 heterocycles. The molecule has 4 aromatic rings. The molecule has 1 atom stereocenters. The van der Waals surface area contributed by atoms with E-state index in [2.05, 4.69) is 78.9 Å². The Balaban J connectivity index is 0.000001000. The Morgan fingerprint density at radius 1 is 0.862 bits per heavy atom. The van der Waals surface area contributed by atoms with Crippen LogP contribution in [-0.2, 0) is 30.9 Å². The molecule has 0 aliphatic heterocycles. The molecule has 0 aromatic heterocycles. The Morgan fingerprint density at radius 3 is 2.41 bits per heavy atom. The fraction of sp³-hybridized carbons (Fsp3) is 0.125. The van der Waals surface area contributed by atoms with Crippen molar-refractivity contribution < 1.29 is 60.9 Å². The third kappa shape index (κ3) is 4.20. The van der Waals surface area contributed by atoms with Crippen molar-refractivity contribution in [3.8, 4) is 0 Å². The second-order valence-corrected chi connectivity index (χ2v) is 6.76. The summed E-state index contributed by atoms with van der Waals surface area (Å²) in [7, 11) is 0. The van der Waals surface area contributed by atoms with Crippen molar-refractivity contribution in [3.63, 3.8) is 0 Å². The van der Waals surface area contributed by atoms with Crippen LogP contribution in [0.25, 0.3) is 27.6 Å². The molecule has 145 valence electrons. The van der Waals surface area contributed by atoms with Gasteiger partial charge in [0.2, 0.25) is 0 Å². The summed E-state index contributed by atoms with van der Waals surface area (Å²) in [6.45, 7) is 0.340. The van der Waals surface area contributed by atoms with Crippen molar-refractivity contribution in [1.29, 1.82) is 0 Å². The number of rotatable bonds is 4. The molecule has 0 spiro atoms. The zero-order chi connectivity index (χ0) is 17.5. The van der Waals surface area contributed by atoms with Crippen LogP contribution in [0.3, 0.4) is 0 Å². The van der Waals surface area contributed by atoms with Gasteiger partial charge in [-0.3, -0.25) is 0 Å². The minimum absolute atomic E-state index is 0. The zero-order valence-electron chi connectivity index (χ0n) is 15.6. The Hall–Kier alpha value is -1.51. The summed E-state index contributed by atoms with van der Waals surface area (Å²) in [6.07, 6.45) is 2.10. The maximum atomic E-state index is 9.17. The van der Waals surface area contributed by atoms with Gasteiger partial charge in [-0.1, -0.05) is 60.2 Å². The first-order valence-electron chi connectivity index (χ1n) is 8.97. The van der Waals surface area contributed by atoms with E-state index in [1.54, 1.807) is 0 Å².